The van der Waals surface area contributed by atoms with Crippen molar-refractivity contribution < 1.29 is 18.0 Å². The first-order valence-corrected chi connectivity index (χ1v) is 4.93. The van der Waals surface area contributed by atoms with Crippen molar-refractivity contribution in [1.82, 2.24) is 10.2 Å². The largest absolute Gasteiger partial charge is 0.401 e. The zero-order valence-corrected chi connectivity index (χ0v) is 8.60. The van der Waals surface area contributed by atoms with Gasteiger partial charge in [-0.1, -0.05) is 0 Å². The molecule has 1 rings (SSSR count). The molecule has 1 amide bonds. The van der Waals surface area contributed by atoms with E-state index in [9.17, 15) is 18.0 Å². The van der Waals surface area contributed by atoms with Crippen LogP contribution in [0.5, 0.6) is 0 Å². The van der Waals surface area contributed by atoms with Gasteiger partial charge in [-0.15, -0.1) is 0 Å². The Morgan fingerprint density at radius 2 is 2.07 bits per heavy atom. The molecule has 0 heterocycles. The third-order valence-electron chi connectivity index (χ3n) is 2.62. The number of nitrogens with one attached hydrogen (secondary N) is 1. The summed E-state index contributed by atoms with van der Waals surface area (Å²) in [6, 6.07) is 0.227. The number of amides is 1. The molecule has 0 unspecified atom stereocenters. The van der Waals surface area contributed by atoms with Crippen LogP contribution in [0.2, 0.25) is 0 Å². The number of nitrogens with zero attached hydrogens (tertiary/aromatic N) is 1. The smallest absolute Gasteiger partial charge is 0.342 e. The molecule has 15 heavy (non-hydrogen) atoms. The molecule has 0 atom stereocenters. The predicted molar refractivity (Wildman–Crippen MR) is 49.3 cm³/mol. The molecule has 0 aliphatic heterocycles. The number of halogens is 3. The van der Waals surface area contributed by atoms with Crippen LogP contribution in [-0.2, 0) is 4.79 Å². The highest BCUT2D eigenvalue weighted by Crippen LogP contribution is 2.23. The normalized spacial score (nSPS) is 17.3. The van der Waals surface area contributed by atoms with Gasteiger partial charge in [0.1, 0.15) is 0 Å². The Bertz CT molecular complexity index is 226. The maximum atomic E-state index is 11.8. The molecule has 1 fully saturated rings. The Labute approximate surface area is 86.6 Å². The fourth-order valence-electron chi connectivity index (χ4n) is 1.41. The molecule has 0 spiro atoms. The molecular weight excluding hydrogens is 209 g/mol. The fraction of sp³-hybridized carbons (Fsp3) is 0.889. The average Bonchev–Trinajstić information content (AvgIpc) is 1.98. The summed E-state index contributed by atoms with van der Waals surface area (Å²) < 4.78 is 35.3. The van der Waals surface area contributed by atoms with Crippen LogP contribution in [0, 0.1) is 0 Å². The zero-order valence-electron chi connectivity index (χ0n) is 8.60. The van der Waals surface area contributed by atoms with Crippen LogP contribution in [0.3, 0.4) is 0 Å². The summed E-state index contributed by atoms with van der Waals surface area (Å²) in [6.45, 7) is -1.36. The zero-order chi connectivity index (χ0) is 11.5. The van der Waals surface area contributed by atoms with Crippen LogP contribution >= 0.6 is 0 Å². The molecule has 0 bridgehead atoms. The van der Waals surface area contributed by atoms with Gasteiger partial charge in [-0.2, -0.15) is 13.2 Å². The topological polar surface area (TPSA) is 32.3 Å². The highest BCUT2D eigenvalue weighted by molar-refractivity contribution is 5.78. The number of hydrogen-bond donors (Lipinski definition) is 1. The van der Waals surface area contributed by atoms with Crippen LogP contribution in [0.1, 0.15) is 19.3 Å². The van der Waals surface area contributed by atoms with E-state index in [1.807, 2.05) is 0 Å². The molecular formula is C9H15F3N2O. The van der Waals surface area contributed by atoms with Crippen molar-refractivity contribution in [1.29, 1.82) is 0 Å². The molecule has 3 nitrogen and oxygen atoms in total. The molecule has 88 valence electrons. The number of rotatable bonds is 4. The molecule has 1 saturated carbocycles. The minimum Gasteiger partial charge on any atom is -0.342 e. The first-order chi connectivity index (χ1) is 6.90. The predicted octanol–water partition coefficient (Wildman–Crippen LogP) is 1.15. The molecule has 1 N–H and O–H groups in total. The number of alkyl halides is 3. The van der Waals surface area contributed by atoms with Gasteiger partial charge in [-0.3, -0.25) is 4.79 Å². The number of carbonyl (C=O) groups is 1. The fourth-order valence-corrected chi connectivity index (χ4v) is 1.41. The van der Waals surface area contributed by atoms with Crippen LogP contribution in [0.15, 0.2) is 0 Å². The summed E-state index contributed by atoms with van der Waals surface area (Å²) in [4.78, 5) is 12.9. The van der Waals surface area contributed by atoms with Gasteiger partial charge in [-0.25, -0.2) is 0 Å². The van der Waals surface area contributed by atoms with Gasteiger partial charge in [0.15, 0.2) is 0 Å². The second-order valence-electron chi connectivity index (χ2n) is 3.81. The number of hydrogen-bond acceptors (Lipinski definition) is 2. The number of carbonyl (C=O) groups excluding carboxylic acids is 1. The van der Waals surface area contributed by atoms with Crippen molar-refractivity contribution >= 4 is 5.91 Å². The first kappa shape index (κ1) is 12.3. The van der Waals surface area contributed by atoms with Crippen LogP contribution in [-0.4, -0.2) is 43.2 Å². The van der Waals surface area contributed by atoms with Gasteiger partial charge in [0, 0.05) is 13.1 Å². The maximum Gasteiger partial charge on any atom is 0.401 e. The van der Waals surface area contributed by atoms with Crippen molar-refractivity contribution in [3.63, 3.8) is 0 Å². The highest BCUT2D eigenvalue weighted by Gasteiger charge is 2.28. The van der Waals surface area contributed by atoms with Gasteiger partial charge in [0.25, 0.3) is 0 Å². The minimum atomic E-state index is -4.25. The van der Waals surface area contributed by atoms with E-state index in [2.05, 4.69) is 5.32 Å². The Balaban J connectivity index is 2.17. The standard InChI is InChI=1S/C9H15F3N2O/c1-14(7-3-2-4-7)8(15)5-13-6-9(10,11)12/h7,13H,2-6H2,1H3. The molecule has 0 aromatic heterocycles. The van der Waals surface area contributed by atoms with Crippen molar-refractivity contribution in [3.05, 3.63) is 0 Å². The molecule has 0 saturated heterocycles. The van der Waals surface area contributed by atoms with E-state index < -0.39 is 12.7 Å². The van der Waals surface area contributed by atoms with Gasteiger partial charge >= 0.3 is 6.18 Å². The van der Waals surface area contributed by atoms with Crippen LogP contribution in [0.25, 0.3) is 0 Å². The van der Waals surface area contributed by atoms with E-state index in [0.29, 0.717) is 0 Å². The molecule has 1 aliphatic carbocycles. The average molecular weight is 224 g/mol. The highest BCUT2D eigenvalue weighted by atomic mass is 19.4. The van der Waals surface area contributed by atoms with E-state index in [-0.39, 0.29) is 18.5 Å². The molecule has 1 aliphatic rings. The van der Waals surface area contributed by atoms with Crippen molar-refractivity contribution in [2.24, 2.45) is 0 Å². The third kappa shape index (κ3) is 4.07. The maximum absolute atomic E-state index is 11.8. The lowest BCUT2D eigenvalue weighted by Gasteiger charge is -2.34. The summed E-state index contributed by atoms with van der Waals surface area (Å²) >= 11 is 0. The van der Waals surface area contributed by atoms with Crippen molar-refractivity contribution in [2.45, 2.75) is 31.5 Å². The van der Waals surface area contributed by atoms with Gasteiger partial charge in [-0.05, 0) is 19.3 Å². The monoisotopic (exact) mass is 224 g/mol. The van der Waals surface area contributed by atoms with E-state index >= 15 is 0 Å². The van der Waals surface area contributed by atoms with E-state index in [1.165, 1.54) is 4.90 Å². The lowest BCUT2D eigenvalue weighted by molar-refractivity contribution is -0.135. The Hall–Kier alpha value is -0.780. The van der Waals surface area contributed by atoms with Crippen molar-refractivity contribution in [2.75, 3.05) is 20.1 Å². The van der Waals surface area contributed by atoms with Crippen molar-refractivity contribution in [3.8, 4) is 0 Å². The molecule has 0 aromatic rings. The number of likely N-dealkylation sites (N-methyl/N-ethyl adjacent to an activating group) is 1. The summed E-state index contributed by atoms with van der Waals surface area (Å²) in [5.41, 5.74) is 0. The van der Waals surface area contributed by atoms with Crippen LogP contribution in [0.4, 0.5) is 13.2 Å². The molecule has 0 radical (unpaired) electrons. The SMILES string of the molecule is CN(C(=O)CNCC(F)(F)F)C1CCC1. The molecule has 6 heteroatoms. The van der Waals surface area contributed by atoms with Crippen LogP contribution < -0.4 is 5.32 Å². The Kier molecular flexibility index (Phi) is 3.96. The summed E-state index contributed by atoms with van der Waals surface area (Å²) in [5, 5.41) is 2.09. The second kappa shape index (κ2) is 4.83. The van der Waals surface area contributed by atoms with Gasteiger partial charge in [0.05, 0.1) is 13.1 Å². The summed E-state index contributed by atoms with van der Waals surface area (Å²) in [6.07, 6.45) is -1.24. The lowest BCUT2D eigenvalue weighted by atomic mass is 9.92. The van der Waals surface area contributed by atoms with Gasteiger partial charge in [0.2, 0.25) is 5.91 Å². The Morgan fingerprint density at radius 1 is 1.47 bits per heavy atom. The second-order valence-corrected chi connectivity index (χ2v) is 3.81. The minimum absolute atomic E-state index is 0.227. The van der Waals surface area contributed by atoms with Gasteiger partial charge < -0.3 is 10.2 Å². The summed E-state index contributed by atoms with van der Waals surface area (Å²) in [7, 11) is 1.64. The Morgan fingerprint density at radius 3 is 2.47 bits per heavy atom. The van der Waals surface area contributed by atoms with E-state index in [4.69, 9.17) is 0 Å². The lowest BCUT2D eigenvalue weighted by Crippen LogP contribution is -2.46. The first-order valence-electron chi connectivity index (χ1n) is 4.93. The summed E-state index contributed by atoms with van der Waals surface area (Å²) in [5.74, 6) is -0.274. The molecule has 0 aromatic carbocycles. The van der Waals surface area contributed by atoms with E-state index in [0.717, 1.165) is 19.3 Å². The van der Waals surface area contributed by atoms with E-state index in [1.54, 1.807) is 7.05 Å². The quantitative estimate of drug-likeness (QED) is 0.777. The third-order valence-corrected chi connectivity index (χ3v) is 2.62.